The summed E-state index contributed by atoms with van der Waals surface area (Å²) in [6, 6.07) is 20.2. The zero-order valence-electron chi connectivity index (χ0n) is 12.9. The first-order valence-corrected chi connectivity index (χ1v) is 8.60. The van der Waals surface area contributed by atoms with Crippen molar-refractivity contribution in [2.75, 3.05) is 0 Å². The van der Waals surface area contributed by atoms with Crippen molar-refractivity contribution in [1.82, 2.24) is 14.5 Å². The molecule has 0 saturated carbocycles. The van der Waals surface area contributed by atoms with Crippen LogP contribution in [0.5, 0.6) is 0 Å². The molecule has 5 heteroatoms. The Labute approximate surface area is 144 Å². The summed E-state index contributed by atoms with van der Waals surface area (Å²) in [6.07, 6.45) is 5.54. The first kappa shape index (κ1) is 14.8. The Morgan fingerprint density at radius 2 is 1.67 bits per heavy atom. The Kier molecular flexibility index (Phi) is 4.16. The van der Waals surface area contributed by atoms with Gasteiger partial charge in [-0.15, -0.1) is 0 Å². The number of imidazole rings is 1. The average molecular weight is 333 g/mol. The van der Waals surface area contributed by atoms with Crippen LogP contribution in [0.15, 0.2) is 88.8 Å². The van der Waals surface area contributed by atoms with Crippen molar-refractivity contribution in [3.63, 3.8) is 0 Å². The minimum Gasteiger partial charge on any atom is -0.440 e. The first-order valence-electron chi connectivity index (χ1n) is 7.62. The van der Waals surface area contributed by atoms with Gasteiger partial charge in [0.2, 0.25) is 5.89 Å². The molecule has 0 atom stereocenters. The van der Waals surface area contributed by atoms with Gasteiger partial charge in [0.15, 0.2) is 10.9 Å². The number of benzene rings is 2. The quantitative estimate of drug-likeness (QED) is 0.491. The number of aromatic nitrogens is 3. The molecule has 0 radical (unpaired) electrons. The molecular weight excluding hydrogens is 318 g/mol. The molecule has 2 heterocycles. The van der Waals surface area contributed by atoms with E-state index in [1.54, 1.807) is 24.2 Å². The Morgan fingerprint density at radius 1 is 0.917 bits per heavy atom. The number of thioether (sulfide) groups is 1. The van der Waals surface area contributed by atoms with E-state index in [1.165, 1.54) is 0 Å². The molecule has 0 spiro atoms. The molecule has 2 aromatic heterocycles. The third-order valence-electron chi connectivity index (χ3n) is 3.58. The lowest BCUT2D eigenvalue weighted by Gasteiger charge is -2.06. The maximum absolute atomic E-state index is 5.84. The summed E-state index contributed by atoms with van der Waals surface area (Å²) in [6.45, 7) is 0. The van der Waals surface area contributed by atoms with Crippen molar-refractivity contribution in [1.29, 1.82) is 0 Å². The molecule has 0 fully saturated rings. The average Bonchev–Trinajstić information content (AvgIpc) is 3.31. The number of hydrogen-bond donors (Lipinski definition) is 0. The number of rotatable bonds is 5. The van der Waals surface area contributed by atoms with Gasteiger partial charge in [0.25, 0.3) is 0 Å². The monoisotopic (exact) mass is 333 g/mol. The van der Waals surface area contributed by atoms with E-state index in [1.807, 2.05) is 54.7 Å². The zero-order chi connectivity index (χ0) is 16.2. The van der Waals surface area contributed by atoms with Gasteiger partial charge in [-0.3, -0.25) is 4.57 Å². The molecule has 0 saturated heterocycles. The molecule has 0 bridgehead atoms. The van der Waals surface area contributed by atoms with Gasteiger partial charge in [0.05, 0.1) is 11.9 Å². The van der Waals surface area contributed by atoms with Crippen molar-refractivity contribution in [2.45, 2.75) is 10.9 Å². The number of oxazole rings is 1. The summed E-state index contributed by atoms with van der Waals surface area (Å²) in [7, 11) is 0. The minimum absolute atomic E-state index is 0.636. The predicted molar refractivity (Wildman–Crippen MR) is 95.1 cm³/mol. The van der Waals surface area contributed by atoms with Crippen LogP contribution in [0.2, 0.25) is 0 Å². The smallest absolute Gasteiger partial charge is 0.205 e. The Morgan fingerprint density at radius 3 is 2.46 bits per heavy atom. The van der Waals surface area contributed by atoms with Gasteiger partial charge in [-0.1, -0.05) is 60.3 Å². The molecular formula is C19H15N3OS. The second kappa shape index (κ2) is 6.76. The van der Waals surface area contributed by atoms with E-state index in [-0.39, 0.29) is 0 Å². The van der Waals surface area contributed by atoms with Crippen molar-refractivity contribution in [2.24, 2.45) is 0 Å². The highest BCUT2D eigenvalue weighted by atomic mass is 32.2. The maximum Gasteiger partial charge on any atom is 0.205 e. The van der Waals surface area contributed by atoms with E-state index >= 15 is 0 Å². The number of hydrogen-bond acceptors (Lipinski definition) is 4. The fourth-order valence-corrected chi connectivity index (χ4v) is 3.25. The second-order valence-corrected chi connectivity index (χ2v) is 6.13. The molecule has 24 heavy (non-hydrogen) atoms. The predicted octanol–water partition coefficient (Wildman–Crippen LogP) is 4.82. The lowest BCUT2D eigenvalue weighted by molar-refractivity contribution is 0.529. The lowest BCUT2D eigenvalue weighted by atomic mass is 10.2. The Bertz CT molecular complexity index is 916. The van der Waals surface area contributed by atoms with Crippen LogP contribution in [-0.2, 0) is 5.75 Å². The van der Waals surface area contributed by atoms with Crippen LogP contribution in [0.1, 0.15) is 5.89 Å². The summed E-state index contributed by atoms with van der Waals surface area (Å²) in [5.41, 5.74) is 2.13. The topological polar surface area (TPSA) is 43.9 Å². The third kappa shape index (κ3) is 3.12. The summed E-state index contributed by atoms with van der Waals surface area (Å²) in [5.74, 6) is 2.12. The zero-order valence-corrected chi connectivity index (χ0v) is 13.7. The molecule has 0 unspecified atom stereocenters. The molecule has 118 valence electrons. The molecule has 0 aliphatic carbocycles. The third-order valence-corrected chi connectivity index (χ3v) is 4.53. The first-order chi connectivity index (χ1) is 11.9. The number of para-hydroxylation sites is 1. The van der Waals surface area contributed by atoms with E-state index in [0.717, 1.165) is 22.2 Å². The lowest BCUT2D eigenvalue weighted by Crippen LogP contribution is -1.94. The largest absolute Gasteiger partial charge is 0.440 e. The van der Waals surface area contributed by atoms with Crippen LogP contribution in [-0.4, -0.2) is 14.5 Å². The van der Waals surface area contributed by atoms with Crippen molar-refractivity contribution >= 4 is 11.8 Å². The van der Waals surface area contributed by atoms with Gasteiger partial charge < -0.3 is 4.42 Å². The summed E-state index contributed by atoms with van der Waals surface area (Å²) >= 11 is 1.61. The highest BCUT2D eigenvalue weighted by Gasteiger charge is 2.10. The Hall–Kier alpha value is -2.79. The SMILES string of the molecule is c1ccc(-c2cnc(CSc3nccn3-c3ccccc3)o2)cc1. The van der Waals surface area contributed by atoms with E-state index in [9.17, 15) is 0 Å². The molecule has 0 aliphatic heterocycles. The molecule has 0 aliphatic rings. The number of nitrogens with zero attached hydrogens (tertiary/aromatic N) is 3. The van der Waals surface area contributed by atoms with Crippen LogP contribution in [0.3, 0.4) is 0 Å². The standard InChI is InChI=1S/C19H15N3OS/c1-3-7-15(8-4-1)17-13-21-18(23-17)14-24-19-20-11-12-22(19)16-9-5-2-6-10-16/h1-13H,14H2. The van der Waals surface area contributed by atoms with Gasteiger partial charge >= 0.3 is 0 Å². The fourth-order valence-electron chi connectivity index (χ4n) is 2.42. The van der Waals surface area contributed by atoms with Gasteiger partial charge in [-0.05, 0) is 12.1 Å². The summed E-state index contributed by atoms with van der Waals surface area (Å²) in [4.78, 5) is 8.80. The van der Waals surface area contributed by atoms with Gasteiger partial charge in [-0.25, -0.2) is 9.97 Å². The highest BCUT2D eigenvalue weighted by molar-refractivity contribution is 7.98. The van der Waals surface area contributed by atoms with Crippen LogP contribution in [0.4, 0.5) is 0 Å². The minimum atomic E-state index is 0.636. The van der Waals surface area contributed by atoms with Crippen LogP contribution >= 0.6 is 11.8 Å². The van der Waals surface area contributed by atoms with Crippen LogP contribution < -0.4 is 0 Å². The van der Waals surface area contributed by atoms with Gasteiger partial charge in [0, 0.05) is 23.6 Å². The summed E-state index contributed by atoms with van der Waals surface area (Å²) < 4.78 is 7.91. The van der Waals surface area contributed by atoms with E-state index in [2.05, 4.69) is 26.7 Å². The van der Waals surface area contributed by atoms with E-state index in [0.29, 0.717) is 11.6 Å². The van der Waals surface area contributed by atoms with Crippen LogP contribution in [0.25, 0.3) is 17.0 Å². The highest BCUT2D eigenvalue weighted by Crippen LogP contribution is 2.26. The molecule has 2 aromatic carbocycles. The van der Waals surface area contributed by atoms with Crippen molar-refractivity contribution < 1.29 is 4.42 Å². The van der Waals surface area contributed by atoms with Crippen molar-refractivity contribution in [3.8, 4) is 17.0 Å². The van der Waals surface area contributed by atoms with Crippen molar-refractivity contribution in [3.05, 3.63) is 85.1 Å². The summed E-state index contributed by atoms with van der Waals surface area (Å²) in [5, 5.41) is 0.917. The molecule has 4 nitrogen and oxygen atoms in total. The normalized spacial score (nSPS) is 10.8. The van der Waals surface area contributed by atoms with Crippen LogP contribution in [0, 0.1) is 0 Å². The fraction of sp³-hybridized carbons (Fsp3) is 0.0526. The van der Waals surface area contributed by atoms with E-state index in [4.69, 9.17) is 4.42 Å². The molecule has 4 rings (SSSR count). The van der Waals surface area contributed by atoms with Gasteiger partial charge in [0.1, 0.15) is 0 Å². The molecule has 4 aromatic rings. The van der Waals surface area contributed by atoms with Gasteiger partial charge in [-0.2, -0.15) is 0 Å². The Balaban J connectivity index is 1.49. The molecule has 0 amide bonds. The van der Waals surface area contributed by atoms with E-state index < -0.39 is 0 Å². The molecule has 0 N–H and O–H groups in total. The maximum atomic E-state index is 5.84. The second-order valence-electron chi connectivity index (χ2n) is 5.19.